The zero-order chi connectivity index (χ0) is 12.5. The highest BCUT2D eigenvalue weighted by molar-refractivity contribution is 6.30. The van der Waals surface area contributed by atoms with Crippen LogP contribution in [0.1, 0.15) is 18.1 Å². The van der Waals surface area contributed by atoms with Gasteiger partial charge in [-0.3, -0.25) is 4.90 Å². The van der Waals surface area contributed by atoms with Gasteiger partial charge in [-0.2, -0.15) is 0 Å². The molecule has 1 N–H and O–H groups in total. The Bertz CT molecular complexity index is 453. The number of ether oxygens (including phenoxy) is 1. The fourth-order valence-electron chi connectivity index (χ4n) is 2.86. The normalized spacial score (nSPS) is 22.5. The summed E-state index contributed by atoms with van der Waals surface area (Å²) in [7, 11) is 0. The van der Waals surface area contributed by atoms with Crippen molar-refractivity contribution >= 4 is 24.0 Å². The SMILES string of the molecule is CC1CN(Cc2cc(Cl)cc3c2OCC3)CCN1.Cl. The fraction of sp³-hybridized carbons (Fsp3) is 0.571. The summed E-state index contributed by atoms with van der Waals surface area (Å²) in [5.41, 5.74) is 2.50. The Morgan fingerprint density at radius 1 is 1.47 bits per heavy atom. The summed E-state index contributed by atoms with van der Waals surface area (Å²) in [6, 6.07) is 4.65. The standard InChI is InChI=1S/C14H19ClN2O.ClH/c1-10-8-17(4-3-16-10)9-12-7-13(15)6-11-2-5-18-14(11)12;/h6-7,10,16H,2-5,8-9H2,1H3;1H. The van der Waals surface area contributed by atoms with Crippen LogP contribution in [0.4, 0.5) is 0 Å². The van der Waals surface area contributed by atoms with Crippen molar-refractivity contribution in [2.45, 2.75) is 25.9 Å². The van der Waals surface area contributed by atoms with Crippen molar-refractivity contribution in [2.75, 3.05) is 26.2 Å². The summed E-state index contributed by atoms with van der Waals surface area (Å²) in [5, 5.41) is 4.29. The Labute approximate surface area is 125 Å². The molecule has 3 nitrogen and oxygen atoms in total. The molecular formula is C14H20Cl2N2O. The molecule has 2 heterocycles. The van der Waals surface area contributed by atoms with Crippen LogP contribution in [0.2, 0.25) is 5.02 Å². The molecule has 2 aliphatic heterocycles. The quantitative estimate of drug-likeness (QED) is 0.908. The lowest BCUT2D eigenvalue weighted by molar-refractivity contribution is 0.197. The number of nitrogens with one attached hydrogen (secondary N) is 1. The lowest BCUT2D eigenvalue weighted by atomic mass is 10.1. The van der Waals surface area contributed by atoms with E-state index in [2.05, 4.69) is 23.2 Å². The summed E-state index contributed by atoms with van der Waals surface area (Å²) >= 11 is 6.19. The Morgan fingerprint density at radius 2 is 2.32 bits per heavy atom. The van der Waals surface area contributed by atoms with Crippen molar-refractivity contribution in [1.82, 2.24) is 10.2 Å². The Kier molecular flexibility index (Phi) is 4.96. The van der Waals surface area contributed by atoms with Gasteiger partial charge in [0.15, 0.2) is 0 Å². The van der Waals surface area contributed by atoms with Gasteiger partial charge in [-0.1, -0.05) is 11.6 Å². The molecule has 1 fully saturated rings. The molecule has 2 aliphatic rings. The number of piperazine rings is 1. The van der Waals surface area contributed by atoms with Gasteiger partial charge < -0.3 is 10.1 Å². The Balaban J connectivity index is 0.00000133. The Morgan fingerprint density at radius 3 is 3.11 bits per heavy atom. The molecule has 0 aliphatic carbocycles. The maximum Gasteiger partial charge on any atom is 0.127 e. The molecule has 0 radical (unpaired) electrons. The first kappa shape index (κ1) is 14.9. The highest BCUT2D eigenvalue weighted by Crippen LogP contribution is 2.33. The van der Waals surface area contributed by atoms with E-state index in [1.165, 1.54) is 11.1 Å². The smallest absolute Gasteiger partial charge is 0.127 e. The van der Waals surface area contributed by atoms with Gasteiger partial charge in [-0.05, 0) is 24.6 Å². The van der Waals surface area contributed by atoms with E-state index < -0.39 is 0 Å². The third-order valence-corrected chi connectivity index (χ3v) is 3.89. The summed E-state index contributed by atoms with van der Waals surface area (Å²) in [6.45, 7) is 7.19. The van der Waals surface area contributed by atoms with E-state index in [0.29, 0.717) is 6.04 Å². The minimum absolute atomic E-state index is 0. The molecule has 5 heteroatoms. The lowest BCUT2D eigenvalue weighted by Crippen LogP contribution is -2.48. The monoisotopic (exact) mass is 302 g/mol. The van der Waals surface area contributed by atoms with Crippen LogP contribution >= 0.6 is 24.0 Å². The van der Waals surface area contributed by atoms with Gasteiger partial charge in [-0.15, -0.1) is 12.4 Å². The predicted molar refractivity (Wildman–Crippen MR) is 80.6 cm³/mol. The van der Waals surface area contributed by atoms with Crippen LogP contribution in [0, 0.1) is 0 Å². The fourth-order valence-corrected chi connectivity index (χ4v) is 3.12. The number of halogens is 2. The zero-order valence-corrected chi connectivity index (χ0v) is 12.7. The first-order valence-electron chi connectivity index (χ1n) is 6.62. The van der Waals surface area contributed by atoms with Crippen LogP contribution in [0.15, 0.2) is 12.1 Å². The number of hydrogen-bond acceptors (Lipinski definition) is 3. The number of benzene rings is 1. The van der Waals surface area contributed by atoms with Gasteiger partial charge >= 0.3 is 0 Å². The second-order valence-corrected chi connectivity index (χ2v) is 5.68. The van der Waals surface area contributed by atoms with Crippen LogP contribution in [0.25, 0.3) is 0 Å². The Hall–Kier alpha value is -0.480. The van der Waals surface area contributed by atoms with E-state index in [1.54, 1.807) is 0 Å². The van der Waals surface area contributed by atoms with Gasteiger partial charge in [0.05, 0.1) is 6.61 Å². The summed E-state index contributed by atoms with van der Waals surface area (Å²) < 4.78 is 5.75. The maximum atomic E-state index is 6.19. The molecule has 19 heavy (non-hydrogen) atoms. The molecule has 0 amide bonds. The van der Waals surface area contributed by atoms with Crippen LogP contribution < -0.4 is 10.1 Å². The van der Waals surface area contributed by atoms with Crippen molar-refractivity contribution in [3.63, 3.8) is 0 Å². The topological polar surface area (TPSA) is 24.5 Å². The van der Waals surface area contributed by atoms with E-state index in [4.69, 9.17) is 16.3 Å². The molecule has 1 aromatic rings. The minimum atomic E-state index is 0. The average Bonchev–Trinajstić information content (AvgIpc) is 2.77. The maximum absolute atomic E-state index is 6.19. The summed E-state index contributed by atoms with van der Waals surface area (Å²) in [4.78, 5) is 2.47. The second-order valence-electron chi connectivity index (χ2n) is 5.24. The van der Waals surface area contributed by atoms with Crippen molar-refractivity contribution in [1.29, 1.82) is 0 Å². The largest absolute Gasteiger partial charge is 0.493 e. The van der Waals surface area contributed by atoms with Gasteiger partial charge in [0.25, 0.3) is 0 Å². The summed E-state index contributed by atoms with van der Waals surface area (Å²) in [6.07, 6.45) is 0.987. The third-order valence-electron chi connectivity index (χ3n) is 3.67. The van der Waals surface area contributed by atoms with Gasteiger partial charge in [-0.25, -0.2) is 0 Å². The third kappa shape index (κ3) is 3.34. The molecule has 106 valence electrons. The number of rotatable bonds is 2. The molecule has 1 aromatic carbocycles. The van der Waals surface area contributed by atoms with Gasteiger partial charge in [0.2, 0.25) is 0 Å². The van der Waals surface area contributed by atoms with Crippen molar-refractivity contribution < 1.29 is 4.74 Å². The molecule has 1 atom stereocenters. The van der Waals surface area contributed by atoms with E-state index >= 15 is 0 Å². The lowest BCUT2D eigenvalue weighted by Gasteiger charge is -2.32. The molecule has 1 saturated heterocycles. The van der Waals surface area contributed by atoms with Crippen LogP contribution in [0.3, 0.4) is 0 Å². The van der Waals surface area contributed by atoms with Gasteiger partial charge in [0.1, 0.15) is 5.75 Å². The highest BCUT2D eigenvalue weighted by Gasteiger charge is 2.21. The number of fused-ring (bicyclic) bond motifs is 1. The molecule has 3 rings (SSSR count). The van der Waals surface area contributed by atoms with E-state index in [0.717, 1.165) is 50.0 Å². The molecule has 0 saturated carbocycles. The predicted octanol–water partition coefficient (Wildman–Crippen LogP) is 2.49. The van der Waals surface area contributed by atoms with Crippen molar-refractivity contribution in [3.05, 3.63) is 28.3 Å². The average molecular weight is 303 g/mol. The van der Waals surface area contributed by atoms with E-state index in [-0.39, 0.29) is 12.4 Å². The van der Waals surface area contributed by atoms with Crippen molar-refractivity contribution in [2.24, 2.45) is 0 Å². The van der Waals surface area contributed by atoms with Crippen LogP contribution in [0.5, 0.6) is 5.75 Å². The van der Waals surface area contributed by atoms with Crippen LogP contribution in [-0.2, 0) is 13.0 Å². The number of nitrogens with zero attached hydrogens (tertiary/aromatic N) is 1. The van der Waals surface area contributed by atoms with Crippen molar-refractivity contribution in [3.8, 4) is 5.75 Å². The second kappa shape index (κ2) is 6.31. The first-order valence-corrected chi connectivity index (χ1v) is 7.00. The van der Waals surface area contributed by atoms with Gasteiger partial charge in [0, 0.05) is 49.2 Å². The van der Waals surface area contributed by atoms with Crippen LogP contribution in [-0.4, -0.2) is 37.2 Å². The zero-order valence-electron chi connectivity index (χ0n) is 11.1. The number of hydrogen-bond donors (Lipinski definition) is 1. The molecule has 0 aromatic heterocycles. The summed E-state index contributed by atoms with van der Waals surface area (Å²) in [5.74, 6) is 1.07. The first-order chi connectivity index (χ1) is 8.72. The highest BCUT2D eigenvalue weighted by atomic mass is 35.5. The molecule has 0 spiro atoms. The minimum Gasteiger partial charge on any atom is -0.493 e. The van der Waals surface area contributed by atoms with E-state index in [9.17, 15) is 0 Å². The molecule has 0 bridgehead atoms. The molecule has 1 unspecified atom stereocenters. The molecular weight excluding hydrogens is 283 g/mol. The van der Waals surface area contributed by atoms with E-state index in [1.807, 2.05) is 6.07 Å².